The first-order chi connectivity index (χ1) is 11.2. The molecule has 0 radical (unpaired) electrons. The van der Waals surface area contributed by atoms with Gasteiger partial charge in [0.1, 0.15) is 17.4 Å². The molecule has 1 aromatic heterocycles. The second kappa shape index (κ2) is 6.64. The quantitative estimate of drug-likeness (QED) is 0.906. The lowest BCUT2D eigenvalue weighted by molar-refractivity contribution is 0.240. The van der Waals surface area contributed by atoms with E-state index in [0.717, 1.165) is 30.4 Å². The van der Waals surface area contributed by atoms with Crippen molar-refractivity contribution in [2.75, 3.05) is 12.4 Å². The van der Waals surface area contributed by atoms with Gasteiger partial charge in [0.05, 0.1) is 7.11 Å². The zero-order valence-electron chi connectivity index (χ0n) is 12.8. The lowest BCUT2D eigenvalue weighted by Crippen LogP contribution is -2.41. The number of amides is 2. The summed E-state index contributed by atoms with van der Waals surface area (Å²) in [6.45, 7) is 0. The molecule has 1 heterocycles. The molecule has 0 bridgehead atoms. The lowest BCUT2D eigenvalue weighted by Gasteiger charge is -2.26. The van der Waals surface area contributed by atoms with Crippen LogP contribution in [-0.2, 0) is 0 Å². The fourth-order valence-corrected chi connectivity index (χ4v) is 2.46. The molecular formula is C17H18FN3O2. The van der Waals surface area contributed by atoms with Crippen molar-refractivity contribution in [3.63, 3.8) is 0 Å². The number of carbonyl (C=O) groups excluding carboxylic acids is 1. The number of halogens is 1. The maximum absolute atomic E-state index is 13.3. The number of pyridine rings is 1. The van der Waals surface area contributed by atoms with E-state index in [-0.39, 0.29) is 17.9 Å². The van der Waals surface area contributed by atoms with Crippen molar-refractivity contribution in [3.05, 3.63) is 42.3 Å². The Kier molecular flexibility index (Phi) is 4.41. The van der Waals surface area contributed by atoms with Crippen LogP contribution in [0.5, 0.6) is 5.75 Å². The van der Waals surface area contributed by atoms with Crippen LogP contribution in [0.15, 0.2) is 36.5 Å². The summed E-state index contributed by atoms with van der Waals surface area (Å²) < 4.78 is 18.5. The molecule has 1 aliphatic carbocycles. The van der Waals surface area contributed by atoms with E-state index in [9.17, 15) is 9.18 Å². The number of carbonyl (C=O) groups is 1. The fourth-order valence-electron chi connectivity index (χ4n) is 2.46. The molecule has 1 aromatic carbocycles. The van der Waals surface area contributed by atoms with Crippen LogP contribution in [0.2, 0.25) is 0 Å². The molecule has 0 atom stereocenters. The van der Waals surface area contributed by atoms with Crippen LogP contribution in [0, 0.1) is 5.82 Å². The molecule has 6 heteroatoms. The van der Waals surface area contributed by atoms with Gasteiger partial charge in [-0.3, -0.25) is 5.32 Å². The van der Waals surface area contributed by atoms with Crippen molar-refractivity contribution < 1.29 is 13.9 Å². The minimum atomic E-state index is -0.363. The van der Waals surface area contributed by atoms with Gasteiger partial charge >= 0.3 is 6.03 Å². The summed E-state index contributed by atoms with van der Waals surface area (Å²) in [4.78, 5) is 16.0. The number of hydrogen-bond acceptors (Lipinski definition) is 3. The van der Waals surface area contributed by atoms with Gasteiger partial charge in [0.25, 0.3) is 0 Å². The van der Waals surface area contributed by atoms with Gasteiger partial charge in [-0.2, -0.15) is 0 Å². The Hall–Kier alpha value is -2.63. The van der Waals surface area contributed by atoms with E-state index < -0.39 is 0 Å². The first-order valence-electron chi connectivity index (χ1n) is 7.53. The highest BCUT2D eigenvalue weighted by atomic mass is 19.1. The zero-order chi connectivity index (χ0) is 16.2. The van der Waals surface area contributed by atoms with Crippen LogP contribution in [0.4, 0.5) is 15.0 Å². The summed E-state index contributed by atoms with van der Waals surface area (Å²) in [6.07, 6.45) is 4.79. The van der Waals surface area contributed by atoms with Gasteiger partial charge in [-0.05, 0) is 49.1 Å². The van der Waals surface area contributed by atoms with E-state index >= 15 is 0 Å². The number of ether oxygens (including phenoxy) is 1. The monoisotopic (exact) mass is 315 g/mol. The Bertz CT molecular complexity index is 717. The molecule has 2 aromatic rings. The molecule has 1 aliphatic rings. The van der Waals surface area contributed by atoms with Crippen molar-refractivity contribution in [2.45, 2.75) is 25.3 Å². The van der Waals surface area contributed by atoms with Crippen molar-refractivity contribution in [1.29, 1.82) is 0 Å². The smallest absolute Gasteiger partial charge is 0.320 e. The maximum atomic E-state index is 13.3. The van der Waals surface area contributed by atoms with Crippen molar-refractivity contribution in [1.82, 2.24) is 10.3 Å². The standard InChI is InChI=1S/C17H18FN3O2/c1-23-15-10-12(18)5-6-14(15)11-7-8-19-16(9-11)21-17(22)20-13-3-2-4-13/h5-10,13H,2-4H2,1H3,(H2,19,20,21,22). The normalized spacial score (nSPS) is 14.0. The third-order valence-corrected chi connectivity index (χ3v) is 3.92. The molecule has 1 fully saturated rings. The maximum Gasteiger partial charge on any atom is 0.320 e. The van der Waals surface area contributed by atoms with E-state index in [0.29, 0.717) is 11.6 Å². The van der Waals surface area contributed by atoms with E-state index in [1.54, 1.807) is 24.4 Å². The summed E-state index contributed by atoms with van der Waals surface area (Å²) in [5, 5.41) is 5.61. The minimum Gasteiger partial charge on any atom is -0.496 e. The third-order valence-electron chi connectivity index (χ3n) is 3.92. The van der Waals surface area contributed by atoms with E-state index in [4.69, 9.17) is 4.74 Å². The number of methoxy groups -OCH3 is 1. The van der Waals surface area contributed by atoms with Gasteiger partial charge in [0.2, 0.25) is 0 Å². The number of nitrogens with zero attached hydrogens (tertiary/aromatic N) is 1. The van der Waals surface area contributed by atoms with Crippen LogP contribution in [0.3, 0.4) is 0 Å². The van der Waals surface area contributed by atoms with Gasteiger partial charge in [-0.1, -0.05) is 0 Å². The highest BCUT2D eigenvalue weighted by Gasteiger charge is 2.19. The number of aromatic nitrogens is 1. The molecule has 1 saturated carbocycles. The van der Waals surface area contributed by atoms with Crippen LogP contribution in [0.25, 0.3) is 11.1 Å². The second-order valence-electron chi connectivity index (χ2n) is 5.50. The van der Waals surface area contributed by atoms with Gasteiger partial charge in [0, 0.05) is 23.9 Å². The Morgan fingerprint density at radius 3 is 2.83 bits per heavy atom. The van der Waals surface area contributed by atoms with Gasteiger partial charge in [-0.15, -0.1) is 0 Å². The van der Waals surface area contributed by atoms with Gasteiger partial charge in [0.15, 0.2) is 0 Å². The molecule has 0 aliphatic heterocycles. The molecule has 0 spiro atoms. The minimum absolute atomic E-state index is 0.259. The fraction of sp³-hybridized carbons (Fsp3) is 0.294. The Morgan fingerprint density at radius 1 is 1.30 bits per heavy atom. The van der Waals surface area contributed by atoms with Gasteiger partial charge < -0.3 is 10.1 Å². The summed E-state index contributed by atoms with van der Waals surface area (Å²) in [5.74, 6) is 0.504. The molecule has 0 saturated heterocycles. The Balaban J connectivity index is 1.78. The average molecular weight is 315 g/mol. The SMILES string of the molecule is COc1cc(F)ccc1-c1ccnc(NC(=O)NC2CCC2)c1. The number of rotatable bonds is 4. The van der Waals surface area contributed by atoms with E-state index in [1.807, 2.05) is 0 Å². The highest BCUT2D eigenvalue weighted by Crippen LogP contribution is 2.31. The van der Waals surface area contributed by atoms with Crippen LogP contribution < -0.4 is 15.4 Å². The predicted octanol–water partition coefficient (Wildman–Crippen LogP) is 3.57. The Labute approximate surface area is 133 Å². The first kappa shape index (κ1) is 15.3. The largest absolute Gasteiger partial charge is 0.496 e. The van der Waals surface area contributed by atoms with Crippen molar-refractivity contribution in [2.24, 2.45) is 0 Å². The number of anilines is 1. The average Bonchev–Trinajstić information content (AvgIpc) is 2.51. The Morgan fingerprint density at radius 2 is 2.13 bits per heavy atom. The summed E-state index contributed by atoms with van der Waals surface area (Å²) in [5.41, 5.74) is 1.52. The molecule has 3 rings (SSSR count). The molecule has 5 nitrogen and oxygen atoms in total. The number of benzene rings is 1. The lowest BCUT2D eigenvalue weighted by atomic mass is 9.93. The van der Waals surface area contributed by atoms with E-state index in [1.165, 1.54) is 19.2 Å². The number of hydrogen-bond donors (Lipinski definition) is 2. The number of nitrogens with one attached hydrogen (secondary N) is 2. The molecule has 120 valence electrons. The third kappa shape index (κ3) is 3.59. The molecular weight excluding hydrogens is 297 g/mol. The van der Waals surface area contributed by atoms with Crippen LogP contribution in [-0.4, -0.2) is 24.2 Å². The molecule has 2 N–H and O–H groups in total. The summed E-state index contributed by atoms with van der Waals surface area (Å²) in [6, 6.07) is 7.85. The van der Waals surface area contributed by atoms with Crippen molar-refractivity contribution in [3.8, 4) is 16.9 Å². The number of urea groups is 1. The van der Waals surface area contributed by atoms with E-state index in [2.05, 4.69) is 15.6 Å². The zero-order valence-corrected chi connectivity index (χ0v) is 12.8. The topological polar surface area (TPSA) is 63.2 Å². The molecule has 23 heavy (non-hydrogen) atoms. The van der Waals surface area contributed by atoms with Crippen LogP contribution >= 0.6 is 0 Å². The summed E-state index contributed by atoms with van der Waals surface area (Å²) >= 11 is 0. The molecule has 2 amide bonds. The first-order valence-corrected chi connectivity index (χ1v) is 7.53. The van der Waals surface area contributed by atoms with Gasteiger partial charge in [-0.25, -0.2) is 14.2 Å². The summed E-state index contributed by atoms with van der Waals surface area (Å²) in [7, 11) is 1.49. The van der Waals surface area contributed by atoms with Crippen LogP contribution in [0.1, 0.15) is 19.3 Å². The molecule has 0 unspecified atom stereocenters. The predicted molar refractivity (Wildman–Crippen MR) is 86.0 cm³/mol. The highest BCUT2D eigenvalue weighted by molar-refractivity contribution is 5.89. The second-order valence-corrected chi connectivity index (χ2v) is 5.50. The van der Waals surface area contributed by atoms with Crippen molar-refractivity contribution >= 4 is 11.8 Å².